The summed E-state index contributed by atoms with van der Waals surface area (Å²) >= 11 is 3.57. The van der Waals surface area contributed by atoms with Gasteiger partial charge < -0.3 is 15.0 Å². The molecule has 8 heteroatoms. The van der Waals surface area contributed by atoms with Gasteiger partial charge in [-0.15, -0.1) is 0 Å². The van der Waals surface area contributed by atoms with Gasteiger partial charge in [0.05, 0.1) is 5.69 Å². The number of carbonyl (C=O) groups is 3. The fraction of sp³-hybridized carbons (Fsp3) is 0.424. The molecule has 2 aliphatic carbocycles. The van der Waals surface area contributed by atoms with Crippen molar-refractivity contribution in [3.05, 3.63) is 80.9 Å². The Morgan fingerprint density at radius 2 is 1.56 bits per heavy atom. The number of nitrogens with zero attached hydrogens (tertiary/aromatic N) is 1. The van der Waals surface area contributed by atoms with Crippen LogP contribution in [0.4, 0.5) is 10.1 Å². The fourth-order valence-electron chi connectivity index (χ4n) is 6.51. The molecule has 1 N–H and O–H groups in total. The highest BCUT2D eigenvalue weighted by Crippen LogP contribution is 2.55. The Morgan fingerprint density at radius 1 is 0.976 bits per heavy atom. The summed E-state index contributed by atoms with van der Waals surface area (Å²) in [4.78, 5) is 42.8. The van der Waals surface area contributed by atoms with Crippen molar-refractivity contribution >= 4 is 39.1 Å². The highest BCUT2D eigenvalue weighted by Gasteiger charge is 2.49. The number of anilines is 1. The van der Waals surface area contributed by atoms with Crippen molar-refractivity contribution < 1.29 is 23.5 Å². The molecule has 0 aromatic heterocycles. The van der Waals surface area contributed by atoms with Crippen LogP contribution in [0.1, 0.15) is 71.8 Å². The summed E-state index contributed by atoms with van der Waals surface area (Å²) in [6.07, 6.45) is 2.22. The number of hydrogen-bond donors (Lipinski definition) is 1. The van der Waals surface area contributed by atoms with E-state index >= 15 is 0 Å². The molecule has 216 valence electrons. The molecule has 2 aromatic carbocycles. The average molecular weight is 624 g/mol. The highest BCUT2D eigenvalue weighted by molar-refractivity contribution is 9.10. The normalized spacial score (nSPS) is 20.1. The number of hydrogen-bond acceptors (Lipinski definition) is 5. The van der Waals surface area contributed by atoms with Gasteiger partial charge in [-0.1, -0.05) is 55.8 Å². The van der Waals surface area contributed by atoms with Crippen molar-refractivity contribution in [2.24, 2.45) is 10.8 Å². The number of allylic oxidation sites excluding steroid dienone is 4. The Labute approximate surface area is 249 Å². The number of benzene rings is 2. The molecular weight excluding hydrogens is 587 g/mol. The largest absolute Gasteiger partial charge is 0.483 e. The third-order valence-corrected chi connectivity index (χ3v) is 8.62. The zero-order valence-electron chi connectivity index (χ0n) is 24.2. The summed E-state index contributed by atoms with van der Waals surface area (Å²) in [5.74, 6) is -1.18. The maximum absolute atomic E-state index is 14.1. The van der Waals surface area contributed by atoms with Crippen LogP contribution in [0.15, 0.2) is 69.5 Å². The molecule has 1 aliphatic heterocycles. The fourth-order valence-corrected chi connectivity index (χ4v) is 6.89. The minimum absolute atomic E-state index is 0.0344. The molecule has 0 saturated carbocycles. The van der Waals surface area contributed by atoms with E-state index in [1.165, 1.54) is 12.1 Å². The van der Waals surface area contributed by atoms with Crippen molar-refractivity contribution in [1.82, 2.24) is 4.90 Å². The molecule has 5 rings (SSSR count). The molecular formula is C33H36BrFN2O4. The Kier molecular flexibility index (Phi) is 7.74. The Hall–Kier alpha value is -3.26. The predicted octanol–water partition coefficient (Wildman–Crippen LogP) is 7.31. The zero-order chi connectivity index (χ0) is 29.7. The Morgan fingerprint density at radius 3 is 2.12 bits per heavy atom. The van der Waals surface area contributed by atoms with Gasteiger partial charge in [0.1, 0.15) is 11.6 Å². The Bertz CT molecular complexity index is 1450. The van der Waals surface area contributed by atoms with E-state index in [9.17, 15) is 18.8 Å². The molecule has 1 amide bonds. The van der Waals surface area contributed by atoms with Gasteiger partial charge in [-0.3, -0.25) is 14.4 Å². The van der Waals surface area contributed by atoms with Gasteiger partial charge >= 0.3 is 0 Å². The van der Waals surface area contributed by atoms with Crippen LogP contribution in [-0.4, -0.2) is 35.5 Å². The first-order chi connectivity index (χ1) is 19.3. The minimum Gasteiger partial charge on any atom is -0.483 e. The topological polar surface area (TPSA) is 75.7 Å². The van der Waals surface area contributed by atoms with Gasteiger partial charge in [-0.25, -0.2) is 4.39 Å². The lowest BCUT2D eigenvalue weighted by molar-refractivity contribution is -0.120. The van der Waals surface area contributed by atoms with Gasteiger partial charge in [0.15, 0.2) is 18.2 Å². The number of ketones is 2. The van der Waals surface area contributed by atoms with E-state index in [0.29, 0.717) is 41.8 Å². The van der Waals surface area contributed by atoms with Gasteiger partial charge in [0.2, 0.25) is 0 Å². The summed E-state index contributed by atoms with van der Waals surface area (Å²) in [7, 11) is 0. The van der Waals surface area contributed by atoms with E-state index in [-0.39, 0.29) is 34.7 Å². The van der Waals surface area contributed by atoms with Crippen LogP contribution in [0.25, 0.3) is 0 Å². The smallest absolute Gasteiger partial charge is 0.262 e. The second-order valence-electron chi connectivity index (χ2n) is 12.8. The van der Waals surface area contributed by atoms with Crippen molar-refractivity contribution in [1.29, 1.82) is 0 Å². The van der Waals surface area contributed by atoms with Crippen LogP contribution >= 0.6 is 15.9 Å². The summed E-state index contributed by atoms with van der Waals surface area (Å²) in [5.41, 5.74) is 3.57. The van der Waals surface area contributed by atoms with Crippen LogP contribution in [-0.2, 0) is 14.4 Å². The molecule has 2 aromatic rings. The van der Waals surface area contributed by atoms with Gasteiger partial charge in [-0.2, -0.15) is 0 Å². The minimum atomic E-state index is -0.600. The number of nitrogens with one attached hydrogen (secondary N) is 1. The molecule has 3 aliphatic rings. The van der Waals surface area contributed by atoms with Crippen LogP contribution in [0.3, 0.4) is 0 Å². The van der Waals surface area contributed by atoms with Crippen LogP contribution in [0.2, 0.25) is 0 Å². The number of Topliss-reactive ketones (excluding diaryl/α,β-unsaturated/α-hetero) is 2. The highest BCUT2D eigenvalue weighted by atomic mass is 79.9. The number of ether oxygens (including phenoxy) is 1. The first-order valence-corrected chi connectivity index (χ1v) is 14.9. The average Bonchev–Trinajstić information content (AvgIpc) is 2.87. The van der Waals surface area contributed by atoms with Gasteiger partial charge in [0, 0.05) is 57.9 Å². The van der Waals surface area contributed by atoms with E-state index in [1.54, 1.807) is 24.3 Å². The standard InChI is InChI=1S/C33H36BrFN2O4/c1-6-37-23-14-32(2,3)16-25(38)30(23)29(31-24(37)15-33(4,5)17-26(31)39)20-13-19(34)11-12-27(20)41-18-28(40)36-22-10-8-7-9-21(22)35/h7-13,29H,6,14-18H2,1-5H3,(H,36,40). The van der Waals surface area contributed by atoms with Crippen LogP contribution in [0, 0.1) is 16.6 Å². The lowest BCUT2D eigenvalue weighted by Crippen LogP contribution is -2.44. The quantitative estimate of drug-likeness (QED) is 0.365. The second-order valence-corrected chi connectivity index (χ2v) is 13.7. The number of rotatable bonds is 6. The summed E-state index contributed by atoms with van der Waals surface area (Å²) in [6.45, 7) is 10.8. The third-order valence-electron chi connectivity index (χ3n) is 8.13. The molecule has 0 fully saturated rings. The molecule has 0 atom stereocenters. The van der Waals surface area contributed by atoms with Gasteiger partial charge in [-0.05, 0) is 60.9 Å². The first kappa shape index (κ1) is 29.2. The van der Waals surface area contributed by atoms with Crippen molar-refractivity contribution in [3.63, 3.8) is 0 Å². The molecule has 0 saturated heterocycles. The summed E-state index contributed by atoms with van der Waals surface area (Å²) in [6, 6.07) is 11.4. The SMILES string of the molecule is CCN1C2=C(C(=O)CC(C)(C)C2)C(c2cc(Br)ccc2OCC(=O)Nc2ccccc2F)C2=C1CC(C)(C)CC2=O. The van der Waals surface area contributed by atoms with E-state index in [4.69, 9.17) is 4.74 Å². The number of carbonyl (C=O) groups excluding carboxylic acids is 3. The van der Waals surface area contributed by atoms with Crippen molar-refractivity contribution in [3.8, 4) is 5.75 Å². The third kappa shape index (κ3) is 5.76. The molecule has 0 unspecified atom stereocenters. The Balaban J connectivity index is 1.60. The summed E-state index contributed by atoms with van der Waals surface area (Å²) < 4.78 is 20.9. The molecule has 0 radical (unpaired) electrons. The van der Waals surface area contributed by atoms with E-state index < -0.39 is 17.6 Å². The molecule has 6 nitrogen and oxygen atoms in total. The van der Waals surface area contributed by atoms with E-state index in [1.807, 2.05) is 6.07 Å². The summed E-state index contributed by atoms with van der Waals surface area (Å²) in [5, 5.41) is 2.55. The number of halogens is 2. The maximum Gasteiger partial charge on any atom is 0.262 e. The predicted molar refractivity (Wildman–Crippen MR) is 160 cm³/mol. The van der Waals surface area contributed by atoms with Gasteiger partial charge in [0.25, 0.3) is 5.91 Å². The van der Waals surface area contributed by atoms with Crippen molar-refractivity contribution in [2.75, 3.05) is 18.5 Å². The van der Waals surface area contributed by atoms with Crippen LogP contribution in [0.5, 0.6) is 5.75 Å². The zero-order valence-corrected chi connectivity index (χ0v) is 25.8. The van der Waals surface area contributed by atoms with Crippen LogP contribution < -0.4 is 10.1 Å². The molecule has 1 heterocycles. The van der Waals surface area contributed by atoms with Crippen molar-refractivity contribution in [2.45, 2.75) is 66.2 Å². The molecule has 0 spiro atoms. The molecule has 41 heavy (non-hydrogen) atoms. The first-order valence-electron chi connectivity index (χ1n) is 14.1. The lowest BCUT2D eigenvalue weighted by atomic mass is 9.63. The maximum atomic E-state index is 14.1. The van der Waals surface area contributed by atoms with E-state index in [0.717, 1.165) is 28.7 Å². The lowest BCUT2D eigenvalue weighted by Gasteiger charge is -2.49. The second kappa shape index (κ2) is 10.9. The van der Waals surface area contributed by atoms with E-state index in [2.05, 4.69) is 60.8 Å². The molecule has 0 bridgehead atoms. The number of para-hydroxylation sites is 1. The number of amides is 1. The monoisotopic (exact) mass is 622 g/mol.